The molecule has 0 spiro atoms. The zero-order valence-corrected chi connectivity index (χ0v) is 21.5. The third-order valence-electron chi connectivity index (χ3n) is 6.09. The number of carbonyl (C=O) groups excluding carboxylic acids is 2. The Balaban J connectivity index is 1.59. The number of rotatable bonds is 4. The Kier molecular flexibility index (Phi) is 6.72. The van der Waals surface area contributed by atoms with Crippen LogP contribution in [0, 0.1) is 25.7 Å². The van der Waals surface area contributed by atoms with E-state index in [2.05, 4.69) is 40.1 Å². The van der Waals surface area contributed by atoms with E-state index in [0.29, 0.717) is 51.3 Å². The van der Waals surface area contributed by atoms with Crippen LogP contribution in [0.5, 0.6) is 0 Å². The zero-order chi connectivity index (χ0) is 23.9. The summed E-state index contributed by atoms with van der Waals surface area (Å²) in [6.45, 7) is 9.34. The summed E-state index contributed by atoms with van der Waals surface area (Å²) in [5, 5.41) is 3.32. The Morgan fingerprint density at radius 1 is 1.21 bits per heavy atom. The number of benzene rings is 1. The van der Waals surface area contributed by atoms with Crippen molar-refractivity contribution in [2.75, 3.05) is 18.4 Å². The zero-order valence-electron chi connectivity index (χ0n) is 19.1. The fraction of sp³-hybridized carbons (Fsp3) is 0.417. The minimum atomic E-state index is -0.293. The van der Waals surface area contributed by atoms with E-state index in [0.717, 1.165) is 16.5 Å². The predicted octanol–water partition coefficient (Wildman–Crippen LogP) is 4.59. The lowest BCUT2D eigenvalue weighted by Gasteiger charge is -2.35. The Hall–Kier alpha value is -2.52. The number of nitrogens with one attached hydrogen (secondary N) is 1. The Labute approximate surface area is 204 Å². The van der Waals surface area contributed by atoms with Crippen molar-refractivity contribution in [1.29, 1.82) is 0 Å². The first kappa shape index (κ1) is 23.6. The largest absolute Gasteiger partial charge is 0.341 e. The number of anilines is 1. The Bertz CT molecular complexity index is 1290. The van der Waals surface area contributed by atoms with Crippen molar-refractivity contribution in [2.24, 2.45) is 11.8 Å². The van der Waals surface area contributed by atoms with E-state index < -0.39 is 0 Å². The number of carbonyl (C=O) groups is 2. The van der Waals surface area contributed by atoms with Gasteiger partial charge in [0, 0.05) is 23.2 Å². The predicted molar refractivity (Wildman–Crippen MR) is 135 cm³/mol. The monoisotopic (exact) mass is 530 g/mol. The molecule has 33 heavy (non-hydrogen) atoms. The second-order valence-electron chi connectivity index (χ2n) is 9.07. The number of aryl methyl sites for hydroxylation is 2. The molecule has 0 saturated carbocycles. The summed E-state index contributed by atoms with van der Waals surface area (Å²) in [5.74, 6) is 0.543. The smallest absolute Gasteiger partial charge is 0.266 e. The lowest BCUT2D eigenvalue weighted by atomic mass is 9.92. The highest BCUT2D eigenvalue weighted by Crippen LogP contribution is 2.29. The molecule has 0 bridgehead atoms. The second-order valence-corrected chi connectivity index (χ2v) is 11.0. The summed E-state index contributed by atoms with van der Waals surface area (Å²) in [7, 11) is 0. The lowest BCUT2D eigenvalue weighted by molar-refractivity contribution is -0.134. The molecule has 1 saturated heterocycles. The van der Waals surface area contributed by atoms with E-state index in [4.69, 9.17) is 0 Å². The van der Waals surface area contributed by atoms with Crippen LogP contribution in [0.4, 0.5) is 5.69 Å². The molecule has 2 aromatic heterocycles. The van der Waals surface area contributed by atoms with Crippen molar-refractivity contribution in [3.8, 4) is 0 Å². The summed E-state index contributed by atoms with van der Waals surface area (Å²) >= 11 is 4.61. The molecule has 2 atom stereocenters. The average molecular weight is 531 g/mol. The van der Waals surface area contributed by atoms with Crippen molar-refractivity contribution in [3.63, 3.8) is 0 Å². The Morgan fingerprint density at radius 3 is 2.58 bits per heavy atom. The summed E-state index contributed by atoms with van der Waals surface area (Å²) in [6, 6.07) is 5.62. The van der Waals surface area contributed by atoms with E-state index in [9.17, 15) is 14.4 Å². The van der Waals surface area contributed by atoms with Crippen molar-refractivity contribution in [1.82, 2.24) is 14.5 Å². The van der Waals surface area contributed by atoms with Gasteiger partial charge in [0.1, 0.15) is 11.4 Å². The lowest BCUT2D eigenvalue weighted by Crippen LogP contribution is -2.44. The molecule has 9 heteroatoms. The number of nitrogens with zero attached hydrogens (tertiary/aromatic N) is 3. The van der Waals surface area contributed by atoms with Crippen LogP contribution in [0.1, 0.15) is 41.1 Å². The number of amides is 2. The van der Waals surface area contributed by atoms with Crippen molar-refractivity contribution in [3.05, 3.63) is 55.4 Å². The maximum atomic E-state index is 13.2. The highest BCUT2D eigenvalue weighted by molar-refractivity contribution is 9.10. The van der Waals surface area contributed by atoms with Crippen LogP contribution in [0.2, 0.25) is 0 Å². The van der Waals surface area contributed by atoms with Gasteiger partial charge in [-0.05, 0) is 61.4 Å². The van der Waals surface area contributed by atoms with Crippen LogP contribution in [0.15, 0.2) is 33.8 Å². The molecule has 1 aliphatic heterocycles. The summed E-state index contributed by atoms with van der Waals surface area (Å²) in [4.78, 5) is 46.2. The molecule has 2 amide bonds. The third kappa shape index (κ3) is 4.89. The fourth-order valence-electron chi connectivity index (χ4n) is 4.55. The molecule has 3 aromatic rings. The van der Waals surface area contributed by atoms with Gasteiger partial charge in [0.15, 0.2) is 0 Å². The number of likely N-dealkylation sites (tertiary alicyclic amines) is 1. The number of piperidine rings is 1. The summed E-state index contributed by atoms with van der Waals surface area (Å²) in [6.07, 6.45) is 2.52. The van der Waals surface area contributed by atoms with E-state index in [1.165, 1.54) is 22.2 Å². The van der Waals surface area contributed by atoms with Gasteiger partial charge in [0.05, 0.1) is 16.6 Å². The molecule has 0 aliphatic carbocycles. The average Bonchev–Trinajstić information content (AvgIpc) is 3.08. The minimum absolute atomic E-state index is 0.0455. The van der Waals surface area contributed by atoms with Gasteiger partial charge in [-0.15, -0.1) is 11.3 Å². The SMILES string of the molecule is Cc1cc(Br)ccc1NC(=O)c1sc2ncn(CC(=O)N3C[C@H](C)C[C@H](C)C3)c(=O)c2c1C. The van der Waals surface area contributed by atoms with Crippen LogP contribution < -0.4 is 10.9 Å². The minimum Gasteiger partial charge on any atom is -0.341 e. The molecule has 1 N–H and O–H groups in total. The van der Waals surface area contributed by atoms with Gasteiger partial charge in [-0.1, -0.05) is 29.8 Å². The molecule has 7 nitrogen and oxygen atoms in total. The van der Waals surface area contributed by atoms with Crippen LogP contribution in [-0.4, -0.2) is 39.4 Å². The molecule has 1 fully saturated rings. The van der Waals surface area contributed by atoms with Gasteiger partial charge in [0.2, 0.25) is 5.91 Å². The number of fused-ring (bicyclic) bond motifs is 1. The second kappa shape index (κ2) is 9.38. The first-order valence-electron chi connectivity index (χ1n) is 11.0. The molecular formula is C24H27BrN4O3S. The van der Waals surface area contributed by atoms with Crippen molar-refractivity contribution >= 4 is 55.0 Å². The number of hydrogen-bond acceptors (Lipinski definition) is 5. The maximum Gasteiger partial charge on any atom is 0.266 e. The van der Waals surface area contributed by atoms with Gasteiger partial charge in [-0.2, -0.15) is 0 Å². The molecule has 1 aromatic carbocycles. The molecule has 3 heterocycles. The first-order valence-corrected chi connectivity index (χ1v) is 12.6. The van der Waals surface area contributed by atoms with Crippen LogP contribution in [-0.2, 0) is 11.3 Å². The van der Waals surface area contributed by atoms with Gasteiger partial charge >= 0.3 is 0 Å². The molecular weight excluding hydrogens is 504 g/mol. The summed E-state index contributed by atoms with van der Waals surface area (Å²) < 4.78 is 2.29. The van der Waals surface area contributed by atoms with E-state index in [-0.39, 0.29) is 23.9 Å². The van der Waals surface area contributed by atoms with E-state index in [1.807, 2.05) is 30.0 Å². The molecule has 4 rings (SSSR count). The van der Waals surface area contributed by atoms with Crippen LogP contribution in [0.25, 0.3) is 10.2 Å². The van der Waals surface area contributed by atoms with Gasteiger partial charge in [0.25, 0.3) is 11.5 Å². The van der Waals surface area contributed by atoms with Crippen molar-refractivity contribution < 1.29 is 9.59 Å². The molecule has 174 valence electrons. The quantitative estimate of drug-likeness (QED) is 0.534. The number of hydrogen-bond donors (Lipinski definition) is 1. The molecule has 0 radical (unpaired) electrons. The van der Waals surface area contributed by atoms with Crippen LogP contribution >= 0.6 is 27.3 Å². The standard InChI is InChI=1S/C24H27BrN4O3S/c1-13-7-14(2)10-28(9-13)19(30)11-29-12-26-23-20(24(29)32)16(4)21(33-23)22(31)27-18-6-5-17(25)8-15(18)3/h5-6,8,12-14H,7,9-11H2,1-4H3,(H,27,31)/t13-,14+. The van der Waals surface area contributed by atoms with Crippen molar-refractivity contribution in [2.45, 2.75) is 40.7 Å². The van der Waals surface area contributed by atoms with Gasteiger partial charge in [-0.3, -0.25) is 19.0 Å². The Morgan fingerprint density at radius 2 is 1.91 bits per heavy atom. The van der Waals surface area contributed by atoms with E-state index >= 15 is 0 Å². The van der Waals surface area contributed by atoms with Gasteiger partial charge in [-0.25, -0.2) is 4.98 Å². The number of thiophene rings is 1. The summed E-state index contributed by atoms with van der Waals surface area (Å²) in [5.41, 5.74) is 1.93. The molecule has 1 aliphatic rings. The molecule has 0 unspecified atom stereocenters. The fourth-order valence-corrected chi connectivity index (χ4v) is 6.06. The topological polar surface area (TPSA) is 84.3 Å². The third-order valence-corrected chi connectivity index (χ3v) is 7.78. The highest BCUT2D eigenvalue weighted by atomic mass is 79.9. The number of aromatic nitrogens is 2. The number of halogens is 1. The van der Waals surface area contributed by atoms with Gasteiger partial charge < -0.3 is 10.2 Å². The maximum absolute atomic E-state index is 13.2. The highest BCUT2D eigenvalue weighted by Gasteiger charge is 2.26. The van der Waals surface area contributed by atoms with Crippen LogP contribution in [0.3, 0.4) is 0 Å². The first-order chi connectivity index (χ1) is 15.6. The normalized spacial score (nSPS) is 18.5. The van der Waals surface area contributed by atoms with E-state index in [1.54, 1.807) is 6.92 Å².